The van der Waals surface area contributed by atoms with Crippen LogP contribution >= 0.6 is 0 Å². The van der Waals surface area contributed by atoms with Gasteiger partial charge in [-0.05, 0) is 48.2 Å². The minimum atomic E-state index is -0.183. The van der Waals surface area contributed by atoms with E-state index in [1.165, 1.54) is 5.56 Å². The van der Waals surface area contributed by atoms with Crippen LogP contribution in [0.4, 0.5) is 0 Å². The molecule has 178 valence electrons. The predicted octanol–water partition coefficient (Wildman–Crippen LogP) is 4.27. The van der Waals surface area contributed by atoms with Gasteiger partial charge in [0.15, 0.2) is 0 Å². The average Bonchev–Trinajstić information content (AvgIpc) is 3.11. The molecule has 0 bridgehead atoms. The van der Waals surface area contributed by atoms with E-state index >= 15 is 0 Å². The Morgan fingerprint density at radius 2 is 1.86 bits per heavy atom. The molecule has 6 heteroatoms. The summed E-state index contributed by atoms with van der Waals surface area (Å²) in [5, 5.41) is 10.9. The standard InChI is InChI=1S/C29H29N3O3/c1-20-5-7-21(8-6-20)22-9-10-28-24(17-22)18-23(11-14-35-28)29(33)31-26-3-2-4-27(25(26)19-30)32-12-15-34-16-13-32/h2-10,17-18,27,30H,11-16H2,1H3,(H,31,33). The number of aryl methyl sites for hydroxylation is 1. The Morgan fingerprint density at radius 3 is 2.63 bits per heavy atom. The highest BCUT2D eigenvalue weighted by molar-refractivity contribution is 6.00. The summed E-state index contributed by atoms with van der Waals surface area (Å²) in [6.07, 6.45) is 8.23. The number of carbonyl (C=O) groups is 1. The molecule has 1 fully saturated rings. The summed E-state index contributed by atoms with van der Waals surface area (Å²) < 4.78 is 11.4. The molecule has 0 saturated carbocycles. The lowest BCUT2D eigenvalue weighted by atomic mass is 9.97. The molecule has 6 nitrogen and oxygen atoms in total. The summed E-state index contributed by atoms with van der Waals surface area (Å²) in [7, 11) is 0. The zero-order chi connectivity index (χ0) is 24.2. The molecule has 1 unspecified atom stereocenters. The van der Waals surface area contributed by atoms with E-state index in [4.69, 9.17) is 14.9 Å². The molecule has 1 aliphatic carbocycles. The Labute approximate surface area is 205 Å². The summed E-state index contributed by atoms with van der Waals surface area (Å²) in [6.45, 7) is 5.39. The largest absolute Gasteiger partial charge is 0.493 e. The number of nitrogens with zero attached hydrogens (tertiary/aromatic N) is 1. The van der Waals surface area contributed by atoms with Gasteiger partial charge in [-0.2, -0.15) is 0 Å². The van der Waals surface area contributed by atoms with Crippen molar-refractivity contribution in [2.45, 2.75) is 19.4 Å². The number of morpholine rings is 1. The molecule has 0 aromatic heterocycles. The van der Waals surface area contributed by atoms with Gasteiger partial charge in [0, 0.05) is 30.6 Å². The first-order chi connectivity index (χ1) is 17.1. The number of carbonyl (C=O) groups excluding carboxylic acids is 1. The quantitative estimate of drug-likeness (QED) is 0.659. The molecule has 35 heavy (non-hydrogen) atoms. The molecule has 0 radical (unpaired) electrons. The molecule has 1 saturated heterocycles. The van der Waals surface area contributed by atoms with E-state index in [1.807, 2.05) is 30.4 Å². The van der Waals surface area contributed by atoms with Gasteiger partial charge in [0.25, 0.3) is 5.91 Å². The molecule has 1 amide bonds. The fraction of sp³-hybridized carbons (Fsp3) is 0.276. The van der Waals surface area contributed by atoms with E-state index in [0.717, 1.165) is 35.5 Å². The molecular weight excluding hydrogens is 438 g/mol. The number of allylic oxidation sites excluding steroid dienone is 2. The van der Waals surface area contributed by atoms with E-state index in [9.17, 15) is 4.79 Å². The van der Waals surface area contributed by atoms with Crippen molar-refractivity contribution in [3.63, 3.8) is 0 Å². The predicted molar refractivity (Wildman–Crippen MR) is 137 cm³/mol. The topological polar surface area (TPSA) is 74.7 Å². The number of nitrogens with one attached hydrogen (secondary N) is 2. The minimum absolute atomic E-state index is 0.0964. The number of benzene rings is 2. The van der Waals surface area contributed by atoms with Crippen LogP contribution in [0.25, 0.3) is 17.2 Å². The first kappa shape index (κ1) is 23.1. The highest BCUT2D eigenvalue weighted by atomic mass is 16.5. The Bertz CT molecular complexity index is 1260. The minimum Gasteiger partial charge on any atom is -0.493 e. The molecule has 2 N–H and O–H groups in total. The fourth-order valence-corrected chi connectivity index (χ4v) is 4.64. The summed E-state index contributed by atoms with van der Waals surface area (Å²) in [4.78, 5) is 15.6. The van der Waals surface area contributed by atoms with Gasteiger partial charge in [-0.3, -0.25) is 15.1 Å². The lowest BCUT2D eigenvalue weighted by Gasteiger charge is -2.35. The Kier molecular flexibility index (Phi) is 6.77. The Balaban J connectivity index is 1.37. The van der Waals surface area contributed by atoms with Crippen LogP contribution in [0.2, 0.25) is 0 Å². The Morgan fingerprint density at radius 1 is 1.09 bits per heavy atom. The first-order valence-electron chi connectivity index (χ1n) is 12.0. The summed E-state index contributed by atoms with van der Waals surface area (Å²) in [5.74, 6) is 3.16. The van der Waals surface area contributed by atoms with Gasteiger partial charge < -0.3 is 14.8 Å². The normalized spacial score (nSPS) is 20.0. The monoisotopic (exact) mass is 467 g/mol. The summed E-state index contributed by atoms with van der Waals surface area (Å²) in [6, 6.07) is 14.4. The van der Waals surface area contributed by atoms with Crippen LogP contribution < -0.4 is 10.1 Å². The summed E-state index contributed by atoms with van der Waals surface area (Å²) >= 11 is 0. The van der Waals surface area contributed by atoms with Gasteiger partial charge in [-0.1, -0.05) is 48.0 Å². The van der Waals surface area contributed by atoms with Gasteiger partial charge in [0.2, 0.25) is 0 Å². The van der Waals surface area contributed by atoms with Crippen molar-refractivity contribution < 1.29 is 14.3 Å². The van der Waals surface area contributed by atoms with Gasteiger partial charge in [-0.15, -0.1) is 0 Å². The number of fused-ring (bicyclic) bond motifs is 1. The zero-order valence-electron chi connectivity index (χ0n) is 19.8. The molecule has 0 spiro atoms. The van der Waals surface area contributed by atoms with Crippen molar-refractivity contribution >= 4 is 17.9 Å². The van der Waals surface area contributed by atoms with E-state index in [1.54, 1.807) is 0 Å². The van der Waals surface area contributed by atoms with Crippen molar-refractivity contribution in [2.75, 3.05) is 32.9 Å². The molecule has 1 atom stereocenters. The molecule has 3 aliphatic rings. The molecule has 2 heterocycles. The van der Waals surface area contributed by atoms with Gasteiger partial charge in [-0.25, -0.2) is 0 Å². The van der Waals surface area contributed by atoms with E-state index < -0.39 is 0 Å². The first-order valence-corrected chi connectivity index (χ1v) is 12.0. The maximum absolute atomic E-state index is 13.3. The third kappa shape index (κ3) is 5.05. The third-order valence-electron chi connectivity index (χ3n) is 6.61. The lowest BCUT2D eigenvalue weighted by molar-refractivity contribution is -0.116. The smallest absolute Gasteiger partial charge is 0.251 e. The van der Waals surface area contributed by atoms with Crippen LogP contribution in [0.5, 0.6) is 5.75 Å². The van der Waals surface area contributed by atoms with Crippen LogP contribution in [-0.2, 0) is 9.53 Å². The number of hydrogen-bond donors (Lipinski definition) is 2. The van der Waals surface area contributed by atoms with Gasteiger partial charge >= 0.3 is 0 Å². The summed E-state index contributed by atoms with van der Waals surface area (Å²) in [5.41, 5.74) is 6.22. The van der Waals surface area contributed by atoms with Gasteiger partial charge in [0.1, 0.15) is 5.75 Å². The van der Waals surface area contributed by atoms with Crippen LogP contribution in [0.3, 0.4) is 0 Å². The lowest BCUT2D eigenvalue weighted by Crippen LogP contribution is -2.45. The van der Waals surface area contributed by atoms with Crippen LogP contribution in [0.1, 0.15) is 17.5 Å². The van der Waals surface area contributed by atoms with Crippen LogP contribution in [0.15, 0.2) is 77.5 Å². The fourth-order valence-electron chi connectivity index (χ4n) is 4.64. The maximum Gasteiger partial charge on any atom is 0.251 e. The molecular formula is C29H29N3O3. The number of hydrogen-bond acceptors (Lipinski definition) is 5. The van der Waals surface area contributed by atoms with Crippen LogP contribution in [0, 0.1) is 12.3 Å². The number of amides is 1. The second-order valence-electron chi connectivity index (χ2n) is 8.94. The van der Waals surface area contributed by atoms with Crippen molar-refractivity contribution in [3.05, 3.63) is 88.7 Å². The van der Waals surface area contributed by atoms with Crippen molar-refractivity contribution in [1.82, 2.24) is 10.2 Å². The highest BCUT2D eigenvalue weighted by Gasteiger charge is 2.28. The zero-order valence-corrected chi connectivity index (χ0v) is 19.8. The number of ether oxygens (including phenoxy) is 2. The number of rotatable bonds is 4. The average molecular weight is 468 g/mol. The van der Waals surface area contributed by atoms with E-state index in [-0.39, 0.29) is 11.9 Å². The molecule has 2 aromatic carbocycles. The van der Waals surface area contributed by atoms with Crippen molar-refractivity contribution in [3.8, 4) is 16.9 Å². The van der Waals surface area contributed by atoms with Crippen LogP contribution in [-0.4, -0.2) is 55.6 Å². The SMILES string of the molecule is Cc1ccc(-c2ccc3c(c2)C=C(C(=O)NC2=CC=CC(N4CCOCC4)C2=C=N)CCO3)cc1. The van der Waals surface area contributed by atoms with Gasteiger partial charge in [0.05, 0.1) is 37.1 Å². The Hall–Kier alpha value is -3.70. The van der Waals surface area contributed by atoms with E-state index in [2.05, 4.69) is 59.4 Å². The van der Waals surface area contributed by atoms with E-state index in [0.29, 0.717) is 43.1 Å². The molecule has 2 aromatic rings. The highest BCUT2D eigenvalue weighted by Crippen LogP contribution is 2.31. The molecule has 5 rings (SSSR count). The third-order valence-corrected chi connectivity index (χ3v) is 6.61. The van der Waals surface area contributed by atoms with Crippen molar-refractivity contribution in [1.29, 1.82) is 5.41 Å². The maximum atomic E-state index is 13.3. The second-order valence-corrected chi connectivity index (χ2v) is 8.94. The second kappa shape index (κ2) is 10.3. The molecule has 2 aliphatic heterocycles. The van der Waals surface area contributed by atoms with Crippen molar-refractivity contribution in [2.24, 2.45) is 0 Å².